The van der Waals surface area contributed by atoms with Crippen LogP contribution in [0.15, 0.2) is 11.6 Å². The molecular formula is C14H18N6OS. The maximum atomic E-state index is 11.6. The minimum Gasteiger partial charge on any atom is -0.342 e. The second-order valence-electron chi connectivity index (χ2n) is 5.43. The van der Waals surface area contributed by atoms with E-state index in [0.29, 0.717) is 11.7 Å². The van der Waals surface area contributed by atoms with Gasteiger partial charge in [0.05, 0.1) is 0 Å². The smallest absolute Gasteiger partial charge is 0.219 e. The molecule has 3 rings (SSSR count). The van der Waals surface area contributed by atoms with Gasteiger partial charge in [-0.1, -0.05) is 11.3 Å². The highest BCUT2D eigenvalue weighted by Crippen LogP contribution is 2.26. The number of aryl methyl sites for hydroxylation is 1. The number of carbonyl (C=O) groups is 1. The van der Waals surface area contributed by atoms with Gasteiger partial charge in [-0.15, -0.1) is 10.2 Å². The number of nitrogens with zero attached hydrogens (tertiary/aromatic N) is 5. The molecule has 0 saturated carbocycles. The normalized spacial score (nSPS) is 18.3. The monoisotopic (exact) mass is 318 g/mol. The number of amides is 1. The van der Waals surface area contributed by atoms with E-state index in [2.05, 4.69) is 25.5 Å². The maximum Gasteiger partial charge on any atom is 0.219 e. The van der Waals surface area contributed by atoms with Crippen molar-refractivity contribution in [2.45, 2.75) is 32.6 Å². The van der Waals surface area contributed by atoms with Gasteiger partial charge >= 0.3 is 0 Å². The Morgan fingerprint density at radius 1 is 1.45 bits per heavy atom. The Kier molecular flexibility index (Phi) is 4.28. The fourth-order valence-corrected chi connectivity index (χ4v) is 3.10. The molecule has 22 heavy (non-hydrogen) atoms. The van der Waals surface area contributed by atoms with Crippen LogP contribution in [-0.4, -0.2) is 44.1 Å². The van der Waals surface area contributed by atoms with Crippen LogP contribution in [0, 0.1) is 6.92 Å². The van der Waals surface area contributed by atoms with Gasteiger partial charge in [-0.05, 0) is 19.8 Å². The molecular weight excluding hydrogens is 300 g/mol. The molecule has 1 atom stereocenters. The zero-order valence-electron chi connectivity index (χ0n) is 12.6. The Bertz CT molecular complexity index is 659. The van der Waals surface area contributed by atoms with Gasteiger partial charge in [0.1, 0.15) is 17.2 Å². The molecule has 2 aromatic rings. The summed E-state index contributed by atoms with van der Waals surface area (Å²) >= 11 is 1.42. The predicted octanol–water partition coefficient (Wildman–Crippen LogP) is 2.11. The second kappa shape index (κ2) is 6.35. The maximum absolute atomic E-state index is 11.6. The molecule has 1 saturated heterocycles. The predicted molar refractivity (Wildman–Crippen MR) is 84.2 cm³/mol. The molecule has 116 valence electrons. The van der Waals surface area contributed by atoms with Gasteiger partial charge in [-0.3, -0.25) is 4.79 Å². The Morgan fingerprint density at radius 2 is 2.32 bits per heavy atom. The van der Waals surface area contributed by atoms with Gasteiger partial charge in [0.15, 0.2) is 0 Å². The van der Waals surface area contributed by atoms with Crippen LogP contribution in [0.25, 0.3) is 0 Å². The van der Waals surface area contributed by atoms with Crippen molar-refractivity contribution in [3.8, 4) is 0 Å². The summed E-state index contributed by atoms with van der Waals surface area (Å²) in [7, 11) is 0. The Morgan fingerprint density at radius 3 is 3.05 bits per heavy atom. The topological polar surface area (TPSA) is 83.9 Å². The van der Waals surface area contributed by atoms with Crippen LogP contribution in [0.2, 0.25) is 0 Å². The molecule has 0 aliphatic carbocycles. The van der Waals surface area contributed by atoms with Gasteiger partial charge in [0, 0.05) is 37.7 Å². The van der Waals surface area contributed by atoms with Crippen molar-refractivity contribution in [1.29, 1.82) is 0 Å². The molecule has 0 bridgehead atoms. The lowest BCUT2D eigenvalue weighted by Gasteiger charge is -2.31. The van der Waals surface area contributed by atoms with E-state index in [1.807, 2.05) is 17.9 Å². The molecule has 1 aliphatic rings. The van der Waals surface area contributed by atoms with E-state index in [-0.39, 0.29) is 11.8 Å². The largest absolute Gasteiger partial charge is 0.342 e. The van der Waals surface area contributed by atoms with Crippen molar-refractivity contribution in [3.63, 3.8) is 0 Å². The minimum atomic E-state index is 0.115. The third-order valence-electron chi connectivity index (χ3n) is 3.70. The molecule has 1 N–H and O–H groups in total. The number of likely N-dealkylation sites (tertiary alicyclic amines) is 1. The molecule has 8 heteroatoms. The molecule has 1 amide bonds. The van der Waals surface area contributed by atoms with Crippen molar-refractivity contribution in [1.82, 2.24) is 25.1 Å². The van der Waals surface area contributed by atoms with E-state index >= 15 is 0 Å². The molecule has 1 aliphatic heterocycles. The first kappa shape index (κ1) is 14.8. The summed E-state index contributed by atoms with van der Waals surface area (Å²) in [6.07, 6.45) is 1.99. The molecule has 0 radical (unpaired) electrons. The fourth-order valence-electron chi connectivity index (χ4n) is 2.65. The van der Waals surface area contributed by atoms with Crippen LogP contribution in [0.1, 0.15) is 37.2 Å². The Balaban J connectivity index is 1.81. The van der Waals surface area contributed by atoms with E-state index in [1.165, 1.54) is 11.3 Å². The number of anilines is 2. The number of nitrogens with one attached hydrogen (secondary N) is 1. The first-order valence-electron chi connectivity index (χ1n) is 7.26. The summed E-state index contributed by atoms with van der Waals surface area (Å²) in [5, 5.41) is 11.6. The summed E-state index contributed by atoms with van der Waals surface area (Å²) in [4.78, 5) is 22.6. The van der Waals surface area contributed by atoms with E-state index < -0.39 is 0 Å². The van der Waals surface area contributed by atoms with E-state index in [4.69, 9.17) is 0 Å². The molecule has 0 unspecified atom stereocenters. The Hall–Kier alpha value is -2.09. The van der Waals surface area contributed by atoms with E-state index in [0.717, 1.165) is 36.7 Å². The van der Waals surface area contributed by atoms with Crippen molar-refractivity contribution in [2.24, 2.45) is 0 Å². The van der Waals surface area contributed by atoms with Gasteiger partial charge in [0.25, 0.3) is 0 Å². The highest BCUT2D eigenvalue weighted by atomic mass is 32.1. The fraction of sp³-hybridized carbons (Fsp3) is 0.500. The number of hydrogen-bond acceptors (Lipinski definition) is 7. The van der Waals surface area contributed by atoms with E-state index in [9.17, 15) is 4.79 Å². The average Bonchev–Trinajstić information content (AvgIpc) is 2.99. The van der Waals surface area contributed by atoms with Crippen molar-refractivity contribution < 1.29 is 4.79 Å². The summed E-state index contributed by atoms with van der Waals surface area (Å²) in [6.45, 7) is 5.08. The number of carbonyl (C=O) groups excluding carboxylic acids is 1. The van der Waals surface area contributed by atoms with Crippen molar-refractivity contribution in [3.05, 3.63) is 23.1 Å². The number of hydrogen-bond donors (Lipinski definition) is 1. The minimum absolute atomic E-state index is 0.115. The number of piperidine rings is 1. The first-order valence-corrected chi connectivity index (χ1v) is 8.14. The molecule has 0 spiro atoms. The zero-order valence-corrected chi connectivity index (χ0v) is 13.4. The average molecular weight is 318 g/mol. The highest BCUT2D eigenvalue weighted by molar-refractivity contribution is 7.13. The van der Waals surface area contributed by atoms with Gasteiger partial charge in [-0.25, -0.2) is 9.97 Å². The van der Waals surface area contributed by atoms with Gasteiger partial charge < -0.3 is 10.2 Å². The third kappa shape index (κ3) is 3.38. The number of rotatable bonds is 3. The zero-order chi connectivity index (χ0) is 15.5. The lowest BCUT2D eigenvalue weighted by molar-refractivity contribution is -0.130. The molecule has 3 heterocycles. The van der Waals surface area contributed by atoms with Crippen molar-refractivity contribution >= 4 is 28.2 Å². The van der Waals surface area contributed by atoms with Crippen LogP contribution >= 0.6 is 11.3 Å². The first-order chi connectivity index (χ1) is 10.6. The summed E-state index contributed by atoms with van der Waals surface area (Å²) in [5.74, 6) is 1.81. The van der Waals surface area contributed by atoms with Crippen molar-refractivity contribution in [2.75, 3.05) is 18.4 Å². The molecule has 1 fully saturated rings. The van der Waals surface area contributed by atoms with Crippen LogP contribution in [0.3, 0.4) is 0 Å². The lowest BCUT2D eigenvalue weighted by atomic mass is 9.97. The number of aromatic nitrogens is 4. The van der Waals surface area contributed by atoms with Crippen LogP contribution < -0.4 is 5.32 Å². The highest BCUT2D eigenvalue weighted by Gasteiger charge is 2.25. The van der Waals surface area contributed by atoms with Crippen LogP contribution in [0.5, 0.6) is 0 Å². The summed E-state index contributed by atoms with van der Waals surface area (Å²) < 4.78 is 0. The Labute approximate surface area is 132 Å². The third-order valence-corrected chi connectivity index (χ3v) is 4.31. The molecule has 7 nitrogen and oxygen atoms in total. The SMILES string of the molecule is CC(=O)N1CCC[C@H](c2nc(C)cc(Nc3nncs3)n2)C1. The standard InChI is InChI=1S/C14H18N6OS/c1-9-6-12(18-14-19-15-8-22-14)17-13(16-9)11-4-3-5-20(7-11)10(2)21/h6,8,11H,3-5,7H2,1-2H3,(H,16,17,18,19)/t11-/m0/s1. The quantitative estimate of drug-likeness (QED) is 0.933. The van der Waals surface area contributed by atoms with Gasteiger partial charge in [-0.2, -0.15) is 0 Å². The van der Waals surface area contributed by atoms with Crippen LogP contribution in [0.4, 0.5) is 10.9 Å². The molecule has 0 aromatic carbocycles. The van der Waals surface area contributed by atoms with Gasteiger partial charge in [0.2, 0.25) is 11.0 Å². The lowest BCUT2D eigenvalue weighted by Crippen LogP contribution is -2.38. The van der Waals surface area contributed by atoms with E-state index in [1.54, 1.807) is 12.4 Å². The second-order valence-corrected chi connectivity index (χ2v) is 6.26. The summed E-state index contributed by atoms with van der Waals surface area (Å²) in [5.41, 5.74) is 2.57. The van der Waals surface area contributed by atoms with Crippen LogP contribution in [-0.2, 0) is 4.79 Å². The molecule has 2 aromatic heterocycles. The summed E-state index contributed by atoms with van der Waals surface area (Å²) in [6, 6.07) is 1.89.